The van der Waals surface area contributed by atoms with Crippen LogP contribution in [0.25, 0.3) is 10.9 Å². The summed E-state index contributed by atoms with van der Waals surface area (Å²) in [6.45, 7) is 7.64. The number of carbonyl (C=O) groups is 2. The first-order valence-electron chi connectivity index (χ1n) is 13.5. The second-order valence-electron chi connectivity index (χ2n) is 12.4. The third-order valence-corrected chi connectivity index (χ3v) is 10.7. The fraction of sp³-hybridized carbons (Fsp3) is 0.600. The van der Waals surface area contributed by atoms with Crippen molar-refractivity contribution in [1.29, 1.82) is 0 Å². The summed E-state index contributed by atoms with van der Waals surface area (Å²) in [5.74, 6) is 2.40. The molecule has 2 N–H and O–H groups in total. The molecule has 2 aromatic rings. The standard InChI is InChI=1S/C30H39N3O2/c1-18-15-21-22-9-10-24(28(35)31-17-20-16-19-7-5-6-8-25(19)32-20)29(22,2)13-11-23(21)30(3)14-12-26(34)33(4)27(18)30/h5-8,16,21-24,32H,9-15,17H2,1-4H3,(H,31,35)/t21-,22-,23+,24?,29-,30+/m0/s1. The van der Waals surface area contributed by atoms with E-state index in [9.17, 15) is 9.59 Å². The molecule has 1 aromatic heterocycles. The second kappa shape index (κ2) is 7.97. The minimum atomic E-state index is 0.0657. The van der Waals surface area contributed by atoms with Crippen molar-refractivity contribution in [2.45, 2.75) is 72.3 Å². The predicted molar refractivity (Wildman–Crippen MR) is 138 cm³/mol. The van der Waals surface area contributed by atoms with Gasteiger partial charge in [0.15, 0.2) is 0 Å². The third kappa shape index (κ3) is 3.33. The van der Waals surface area contributed by atoms with E-state index in [-0.39, 0.29) is 28.6 Å². The zero-order valence-corrected chi connectivity index (χ0v) is 21.6. The van der Waals surface area contributed by atoms with E-state index in [0.717, 1.165) is 43.3 Å². The molecule has 0 radical (unpaired) electrons. The van der Waals surface area contributed by atoms with Gasteiger partial charge in [0.05, 0.1) is 6.54 Å². The van der Waals surface area contributed by atoms with Crippen molar-refractivity contribution >= 4 is 22.7 Å². The number of fused-ring (bicyclic) bond motifs is 6. The van der Waals surface area contributed by atoms with Crippen LogP contribution in [0.5, 0.6) is 0 Å². The molecule has 3 aliphatic carbocycles. The molecule has 5 nitrogen and oxygen atoms in total. The van der Waals surface area contributed by atoms with Gasteiger partial charge < -0.3 is 15.2 Å². The van der Waals surface area contributed by atoms with E-state index in [2.05, 4.69) is 49.3 Å². The number of aromatic amines is 1. The van der Waals surface area contributed by atoms with Crippen LogP contribution in [0.2, 0.25) is 0 Å². The number of piperidine rings is 1. The number of hydrogen-bond donors (Lipinski definition) is 2. The first-order valence-corrected chi connectivity index (χ1v) is 13.5. The van der Waals surface area contributed by atoms with E-state index in [4.69, 9.17) is 0 Å². The van der Waals surface area contributed by atoms with Gasteiger partial charge in [0.1, 0.15) is 0 Å². The maximum absolute atomic E-state index is 13.5. The Balaban J connectivity index is 1.21. The topological polar surface area (TPSA) is 65.2 Å². The van der Waals surface area contributed by atoms with E-state index in [1.807, 2.05) is 24.1 Å². The number of rotatable bonds is 3. The van der Waals surface area contributed by atoms with Gasteiger partial charge >= 0.3 is 0 Å². The molecule has 2 amide bonds. The molecule has 5 heteroatoms. The summed E-state index contributed by atoms with van der Waals surface area (Å²) in [6, 6.07) is 10.4. The molecule has 1 unspecified atom stereocenters. The predicted octanol–water partition coefficient (Wildman–Crippen LogP) is 5.78. The van der Waals surface area contributed by atoms with E-state index >= 15 is 0 Å². The Hall–Kier alpha value is -2.56. The highest BCUT2D eigenvalue weighted by atomic mass is 16.2. The van der Waals surface area contributed by atoms with Crippen LogP contribution in [-0.2, 0) is 16.1 Å². The molecule has 186 valence electrons. The molecular weight excluding hydrogens is 434 g/mol. The summed E-state index contributed by atoms with van der Waals surface area (Å²) in [5, 5.41) is 4.47. The number of amides is 2. The highest BCUT2D eigenvalue weighted by Gasteiger charge is 2.61. The Morgan fingerprint density at radius 2 is 1.94 bits per heavy atom. The zero-order chi connectivity index (χ0) is 24.5. The Kier molecular flexibility index (Phi) is 5.21. The van der Waals surface area contributed by atoms with E-state index < -0.39 is 0 Å². The van der Waals surface area contributed by atoms with Crippen molar-refractivity contribution in [3.05, 3.63) is 47.3 Å². The SMILES string of the molecule is CC1=C2N(C)C(=O)CC[C@]2(C)[C@@H]2CC[C@]3(C)C(C(=O)NCc4cc5ccccc5[nH]4)CC[C@H]3[C@@H]2C1. The average Bonchev–Trinajstić information content (AvgIpc) is 3.40. The smallest absolute Gasteiger partial charge is 0.226 e. The van der Waals surface area contributed by atoms with Crippen LogP contribution in [0.15, 0.2) is 41.6 Å². The fourth-order valence-corrected chi connectivity index (χ4v) is 9.07. The summed E-state index contributed by atoms with van der Waals surface area (Å²) in [4.78, 5) is 31.4. The minimum Gasteiger partial charge on any atom is -0.357 e. The van der Waals surface area contributed by atoms with Gasteiger partial charge in [0, 0.05) is 41.7 Å². The summed E-state index contributed by atoms with van der Waals surface area (Å²) < 4.78 is 0. The average molecular weight is 474 g/mol. The Morgan fingerprint density at radius 3 is 2.74 bits per heavy atom. The lowest BCUT2D eigenvalue weighted by Crippen LogP contribution is -2.55. The first-order chi connectivity index (χ1) is 16.7. The van der Waals surface area contributed by atoms with E-state index in [0.29, 0.717) is 30.7 Å². The molecule has 2 saturated carbocycles. The van der Waals surface area contributed by atoms with Crippen molar-refractivity contribution in [2.24, 2.45) is 34.5 Å². The van der Waals surface area contributed by atoms with Crippen LogP contribution >= 0.6 is 0 Å². The Bertz CT molecular complexity index is 1190. The molecule has 4 aliphatic rings. The number of allylic oxidation sites excluding steroid dienone is 2. The summed E-state index contributed by atoms with van der Waals surface area (Å²) in [5.41, 5.74) is 5.05. The van der Waals surface area contributed by atoms with Crippen molar-refractivity contribution in [1.82, 2.24) is 15.2 Å². The number of hydrogen-bond acceptors (Lipinski definition) is 2. The second-order valence-corrected chi connectivity index (χ2v) is 12.4. The fourth-order valence-electron chi connectivity index (χ4n) is 9.07. The lowest BCUT2D eigenvalue weighted by atomic mass is 9.48. The quantitative estimate of drug-likeness (QED) is 0.594. The molecule has 6 rings (SSSR count). The van der Waals surface area contributed by atoms with Crippen LogP contribution in [0, 0.1) is 34.5 Å². The summed E-state index contributed by atoms with van der Waals surface area (Å²) >= 11 is 0. The molecule has 6 atom stereocenters. The molecule has 0 bridgehead atoms. The molecule has 2 heterocycles. The molecule has 35 heavy (non-hydrogen) atoms. The zero-order valence-electron chi connectivity index (χ0n) is 21.6. The number of aromatic nitrogens is 1. The van der Waals surface area contributed by atoms with Crippen LogP contribution in [0.4, 0.5) is 0 Å². The van der Waals surface area contributed by atoms with Crippen LogP contribution in [0.1, 0.15) is 71.4 Å². The number of nitrogens with one attached hydrogen (secondary N) is 2. The molecule has 3 fully saturated rings. The number of nitrogens with zero attached hydrogens (tertiary/aromatic N) is 1. The van der Waals surface area contributed by atoms with Gasteiger partial charge in [-0.2, -0.15) is 0 Å². The minimum absolute atomic E-state index is 0.0657. The summed E-state index contributed by atoms with van der Waals surface area (Å²) in [7, 11) is 1.98. The number of likely N-dealkylation sites (tertiary alicyclic amines) is 1. The van der Waals surface area contributed by atoms with Gasteiger partial charge in [-0.05, 0) is 86.1 Å². The Labute approximate surface area is 208 Å². The van der Waals surface area contributed by atoms with Crippen LogP contribution in [-0.4, -0.2) is 28.7 Å². The monoisotopic (exact) mass is 473 g/mol. The van der Waals surface area contributed by atoms with Crippen molar-refractivity contribution in [3.63, 3.8) is 0 Å². The van der Waals surface area contributed by atoms with Crippen molar-refractivity contribution in [2.75, 3.05) is 7.05 Å². The number of para-hydroxylation sites is 1. The van der Waals surface area contributed by atoms with Crippen molar-refractivity contribution in [3.8, 4) is 0 Å². The van der Waals surface area contributed by atoms with Gasteiger partial charge in [0.25, 0.3) is 0 Å². The van der Waals surface area contributed by atoms with Gasteiger partial charge in [-0.15, -0.1) is 0 Å². The van der Waals surface area contributed by atoms with E-state index in [1.165, 1.54) is 23.1 Å². The number of carbonyl (C=O) groups excluding carboxylic acids is 2. The molecule has 1 aromatic carbocycles. The van der Waals surface area contributed by atoms with Crippen LogP contribution in [0.3, 0.4) is 0 Å². The first kappa shape index (κ1) is 22.9. The lowest BCUT2D eigenvalue weighted by Gasteiger charge is -2.59. The van der Waals surface area contributed by atoms with Crippen molar-refractivity contribution < 1.29 is 9.59 Å². The van der Waals surface area contributed by atoms with Gasteiger partial charge in [0.2, 0.25) is 11.8 Å². The van der Waals surface area contributed by atoms with Gasteiger partial charge in [-0.1, -0.05) is 37.6 Å². The number of H-pyrrole nitrogens is 1. The van der Waals surface area contributed by atoms with E-state index in [1.54, 1.807) is 0 Å². The maximum atomic E-state index is 13.5. The summed E-state index contributed by atoms with van der Waals surface area (Å²) in [6.07, 6.45) is 7.14. The normalized spacial score (nSPS) is 36.7. The number of benzene rings is 1. The highest BCUT2D eigenvalue weighted by molar-refractivity contribution is 5.82. The lowest BCUT2D eigenvalue weighted by molar-refractivity contribution is -0.138. The maximum Gasteiger partial charge on any atom is 0.226 e. The largest absolute Gasteiger partial charge is 0.357 e. The highest BCUT2D eigenvalue weighted by Crippen LogP contribution is 2.66. The third-order valence-electron chi connectivity index (χ3n) is 10.7. The van der Waals surface area contributed by atoms with Crippen LogP contribution < -0.4 is 5.32 Å². The molecule has 1 saturated heterocycles. The van der Waals surface area contributed by atoms with Gasteiger partial charge in [-0.25, -0.2) is 0 Å². The Morgan fingerprint density at radius 1 is 1.14 bits per heavy atom. The molecule has 1 aliphatic heterocycles. The molecular formula is C30H39N3O2. The van der Waals surface area contributed by atoms with Gasteiger partial charge in [-0.3, -0.25) is 9.59 Å². The molecule has 0 spiro atoms.